The summed E-state index contributed by atoms with van der Waals surface area (Å²) in [6.07, 6.45) is 6.88. The molecule has 1 fully saturated rings. The molecule has 10 heteroatoms. The number of nitrogens with zero attached hydrogens (tertiary/aromatic N) is 7. The van der Waals surface area contributed by atoms with Gasteiger partial charge in [-0.2, -0.15) is 5.10 Å². The number of aliphatic imine (C=N–C) groups is 1. The number of piperazine rings is 1. The van der Waals surface area contributed by atoms with Crippen LogP contribution in [0.3, 0.4) is 0 Å². The number of carbonyl (C=O) groups is 1. The molecule has 3 heterocycles. The maximum absolute atomic E-state index is 14.6. The van der Waals surface area contributed by atoms with E-state index in [4.69, 9.17) is 0 Å². The van der Waals surface area contributed by atoms with Crippen LogP contribution in [0.1, 0.15) is 11.4 Å². The number of carbonyl (C=O) groups excluding carboxylic acids is 1. The fraction of sp³-hybridized carbons (Fsp3) is 0.333. The molecule has 1 aliphatic rings. The predicted molar refractivity (Wildman–Crippen MR) is 116 cm³/mol. The van der Waals surface area contributed by atoms with E-state index < -0.39 is 0 Å². The molecule has 3 aromatic rings. The Balaban J connectivity index is 1.38. The number of anilines is 1. The fourth-order valence-electron chi connectivity index (χ4n) is 3.68. The predicted octanol–water partition coefficient (Wildman–Crippen LogP) is 1.48. The Morgan fingerprint density at radius 3 is 2.77 bits per heavy atom. The molecule has 0 atom stereocenters. The van der Waals surface area contributed by atoms with Gasteiger partial charge in [0.25, 0.3) is 0 Å². The highest BCUT2D eigenvalue weighted by Crippen LogP contribution is 2.18. The van der Waals surface area contributed by atoms with Crippen LogP contribution in [0.15, 0.2) is 48.0 Å². The monoisotopic (exact) mass is 424 g/mol. The molecule has 0 unspecified atom stereocenters. The molecule has 2 aromatic heterocycles. The molecule has 0 bridgehead atoms. The van der Waals surface area contributed by atoms with Crippen molar-refractivity contribution in [3.8, 4) is 5.69 Å². The van der Waals surface area contributed by atoms with Gasteiger partial charge in [-0.25, -0.2) is 9.37 Å². The van der Waals surface area contributed by atoms with Gasteiger partial charge in [0, 0.05) is 52.3 Å². The van der Waals surface area contributed by atoms with Gasteiger partial charge < -0.3 is 19.7 Å². The normalized spacial score (nSPS) is 15.0. The highest BCUT2D eigenvalue weighted by Gasteiger charge is 2.27. The first kappa shape index (κ1) is 20.6. The first-order valence-corrected chi connectivity index (χ1v) is 9.99. The third kappa shape index (κ3) is 4.27. The van der Waals surface area contributed by atoms with Crippen LogP contribution < -0.4 is 10.2 Å². The van der Waals surface area contributed by atoms with Crippen LogP contribution in [0, 0.1) is 12.7 Å². The van der Waals surface area contributed by atoms with Crippen molar-refractivity contribution in [1.29, 1.82) is 0 Å². The van der Waals surface area contributed by atoms with Crippen molar-refractivity contribution in [2.24, 2.45) is 12.0 Å². The van der Waals surface area contributed by atoms with Crippen LogP contribution in [0.25, 0.3) is 5.69 Å². The van der Waals surface area contributed by atoms with Gasteiger partial charge in [0.15, 0.2) is 5.96 Å². The average Bonchev–Trinajstić information content (AvgIpc) is 3.37. The van der Waals surface area contributed by atoms with Gasteiger partial charge in [0.1, 0.15) is 18.2 Å². The summed E-state index contributed by atoms with van der Waals surface area (Å²) in [7, 11) is 3.49. The minimum atomic E-state index is -0.323. The zero-order valence-electron chi connectivity index (χ0n) is 17.8. The smallest absolute Gasteiger partial charge is 0.246 e. The van der Waals surface area contributed by atoms with E-state index >= 15 is 0 Å². The largest absolute Gasteiger partial charge is 0.352 e. The van der Waals surface area contributed by atoms with Crippen molar-refractivity contribution in [3.05, 3.63) is 60.2 Å². The number of rotatable bonds is 4. The maximum Gasteiger partial charge on any atom is 0.246 e. The second kappa shape index (κ2) is 8.58. The number of amides is 1. The summed E-state index contributed by atoms with van der Waals surface area (Å²) in [6, 6.07) is 5.10. The highest BCUT2D eigenvalue weighted by atomic mass is 19.1. The van der Waals surface area contributed by atoms with E-state index in [1.807, 2.05) is 31.1 Å². The molecule has 31 heavy (non-hydrogen) atoms. The summed E-state index contributed by atoms with van der Waals surface area (Å²) in [5.74, 6) is 0.985. The lowest BCUT2D eigenvalue weighted by Crippen LogP contribution is -2.55. The topological polar surface area (TPSA) is 83.6 Å². The molecule has 0 spiro atoms. The molecule has 1 amide bonds. The van der Waals surface area contributed by atoms with E-state index in [1.165, 1.54) is 6.07 Å². The molecule has 9 nitrogen and oxygen atoms in total. The number of imidazole rings is 1. The minimum Gasteiger partial charge on any atom is -0.352 e. The molecular formula is C21H25FN8O. The second-order valence-corrected chi connectivity index (χ2v) is 7.37. The van der Waals surface area contributed by atoms with E-state index in [0.717, 1.165) is 17.1 Å². The van der Waals surface area contributed by atoms with Gasteiger partial charge in [-0.1, -0.05) is 6.07 Å². The number of hydrogen-bond acceptors (Lipinski definition) is 4. The third-order valence-corrected chi connectivity index (χ3v) is 5.28. The number of nitrogens with one attached hydrogen (secondary N) is 1. The van der Waals surface area contributed by atoms with E-state index in [2.05, 4.69) is 20.4 Å². The summed E-state index contributed by atoms with van der Waals surface area (Å²) < 4.78 is 18.0. The maximum atomic E-state index is 14.6. The van der Waals surface area contributed by atoms with Crippen LogP contribution in [-0.2, 0) is 18.4 Å². The summed E-state index contributed by atoms with van der Waals surface area (Å²) in [5.41, 5.74) is 2.03. The Morgan fingerprint density at radius 1 is 1.32 bits per heavy atom. The number of guanidine groups is 1. The molecule has 162 valence electrons. The van der Waals surface area contributed by atoms with Crippen LogP contribution in [-0.4, -0.2) is 62.8 Å². The molecule has 1 N–H and O–H groups in total. The Hall–Kier alpha value is -3.69. The fourth-order valence-corrected chi connectivity index (χ4v) is 3.68. The van der Waals surface area contributed by atoms with E-state index in [0.29, 0.717) is 31.3 Å². The summed E-state index contributed by atoms with van der Waals surface area (Å²) in [5, 5.41) is 7.36. The summed E-state index contributed by atoms with van der Waals surface area (Å²) in [4.78, 5) is 24.7. The number of aryl methyl sites for hydroxylation is 2. The van der Waals surface area contributed by atoms with Crippen molar-refractivity contribution in [2.75, 3.05) is 31.6 Å². The van der Waals surface area contributed by atoms with E-state index in [-0.39, 0.29) is 18.3 Å². The van der Waals surface area contributed by atoms with Crippen molar-refractivity contribution in [1.82, 2.24) is 29.5 Å². The van der Waals surface area contributed by atoms with E-state index in [1.54, 1.807) is 45.9 Å². The van der Waals surface area contributed by atoms with Crippen molar-refractivity contribution in [3.63, 3.8) is 0 Å². The van der Waals surface area contributed by atoms with Gasteiger partial charge in [-0.15, -0.1) is 0 Å². The molecule has 0 radical (unpaired) electrons. The SMILES string of the molecule is CN=C(NCc1ccc(-n2ccnc2C)c(F)c1)N1CCN(c2cnn(C)c2)C(=O)C1. The minimum absolute atomic E-state index is 0.0201. The molecule has 1 aromatic carbocycles. The number of hydrogen-bond donors (Lipinski definition) is 1. The van der Waals surface area contributed by atoms with Gasteiger partial charge in [-0.3, -0.25) is 14.5 Å². The molecule has 0 aliphatic carbocycles. The molecule has 1 aliphatic heterocycles. The Kier molecular flexibility index (Phi) is 5.70. The van der Waals surface area contributed by atoms with Crippen molar-refractivity contribution in [2.45, 2.75) is 13.5 Å². The Morgan fingerprint density at radius 2 is 2.16 bits per heavy atom. The lowest BCUT2D eigenvalue weighted by molar-refractivity contribution is -0.120. The summed E-state index contributed by atoms with van der Waals surface area (Å²) >= 11 is 0. The average molecular weight is 424 g/mol. The molecule has 1 saturated heterocycles. The standard InChI is InChI=1S/C21H25FN8O/c1-15-24-6-7-29(15)19-5-4-16(10-18(19)22)11-25-21(23-2)28-8-9-30(20(31)14-28)17-12-26-27(3)13-17/h4-7,10,12-13H,8-9,11,14H2,1-3H3,(H,23,25). The van der Waals surface area contributed by atoms with Gasteiger partial charge in [0.2, 0.25) is 5.91 Å². The quantitative estimate of drug-likeness (QED) is 0.507. The van der Waals surface area contributed by atoms with Crippen molar-refractivity contribution >= 4 is 17.6 Å². The van der Waals surface area contributed by atoms with Gasteiger partial charge in [0.05, 0.1) is 17.6 Å². The van der Waals surface area contributed by atoms with Gasteiger partial charge in [-0.05, 0) is 24.6 Å². The lowest BCUT2D eigenvalue weighted by Gasteiger charge is -2.35. The Labute approximate surface area is 179 Å². The summed E-state index contributed by atoms with van der Waals surface area (Å²) in [6.45, 7) is 3.60. The van der Waals surface area contributed by atoms with Crippen LogP contribution in [0.2, 0.25) is 0 Å². The van der Waals surface area contributed by atoms with Crippen LogP contribution >= 0.6 is 0 Å². The van der Waals surface area contributed by atoms with Crippen LogP contribution in [0.5, 0.6) is 0 Å². The first-order chi connectivity index (χ1) is 15.0. The molecule has 4 rings (SSSR count). The highest BCUT2D eigenvalue weighted by molar-refractivity contribution is 5.98. The zero-order chi connectivity index (χ0) is 22.0. The molecular weight excluding hydrogens is 399 g/mol. The first-order valence-electron chi connectivity index (χ1n) is 9.99. The molecule has 0 saturated carbocycles. The lowest BCUT2D eigenvalue weighted by atomic mass is 10.2. The Bertz CT molecular complexity index is 1120. The zero-order valence-corrected chi connectivity index (χ0v) is 17.8. The second-order valence-electron chi connectivity index (χ2n) is 7.37. The van der Waals surface area contributed by atoms with Crippen LogP contribution in [0.4, 0.5) is 10.1 Å². The van der Waals surface area contributed by atoms with Crippen molar-refractivity contribution < 1.29 is 9.18 Å². The number of aromatic nitrogens is 4. The third-order valence-electron chi connectivity index (χ3n) is 5.28. The van der Waals surface area contributed by atoms with Gasteiger partial charge >= 0.3 is 0 Å². The number of benzene rings is 1. The van der Waals surface area contributed by atoms with E-state index in [9.17, 15) is 9.18 Å². The number of halogens is 1.